The zero-order valence-corrected chi connectivity index (χ0v) is 12.1. The van der Waals surface area contributed by atoms with Crippen LogP contribution in [-0.4, -0.2) is 46.5 Å². The van der Waals surface area contributed by atoms with E-state index in [4.69, 9.17) is 5.11 Å². The van der Waals surface area contributed by atoms with Crippen molar-refractivity contribution in [3.8, 4) is 0 Å². The molecule has 0 aromatic heterocycles. The van der Waals surface area contributed by atoms with Crippen LogP contribution in [0, 0.1) is 5.41 Å². The quantitative estimate of drug-likeness (QED) is 0.723. The van der Waals surface area contributed by atoms with Crippen molar-refractivity contribution < 1.29 is 14.7 Å². The van der Waals surface area contributed by atoms with E-state index in [0.29, 0.717) is 25.9 Å². The van der Waals surface area contributed by atoms with E-state index in [0.717, 1.165) is 11.5 Å². The number of nitrogens with zero attached hydrogens (tertiary/aromatic N) is 1. The normalized spacial score (nSPS) is 23.3. The molecule has 0 aliphatic carbocycles. The van der Waals surface area contributed by atoms with Crippen molar-refractivity contribution in [3.05, 3.63) is 0 Å². The molecule has 5 heteroatoms. The summed E-state index contributed by atoms with van der Waals surface area (Å²) in [4.78, 5) is 24.7. The summed E-state index contributed by atoms with van der Waals surface area (Å²) in [5, 5.41) is 9.10. The minimum absolute atomic E-state index is 0.101. The Labute approximate surface area is 113 Å². The SMILES string of the molecule is CCCCSCCC(=O)N1CCC(C)(C(=O)O)C1. The fourth-order valence-electron chi connectivity index (χ4n) is 2.01. The van der Waals surface area contributed by atoms with E-state index >= 15 is 0 Å². The van der Waals surface area contributed by atoms with E-state index in [1.54, 1.807) is 11.8 Å². The number of carboxylic acid groups (broad SMARTS) is 1. The molecular weight excluding hydrogens is 250 g/mol. The third kappa shape index (κ3) is 4.19. The fourth-order valence-corrected chi connectivity index (χ4v) is 3.03. The second-order valence-corrected chi connectivity index (χ2v) is 6.37. The number of unbranched alkanes of at least 4 members (excludes halogenated alkanes) is 1. The van der Waals surface area contributed by atoms with Gasteiger partial charge >= 0.3 is 5.97 Å². The first-order valence-corrected chi connectivity index (χ1v) is 7.74. The highest BCUT2D eigenvalue weighted by Gasteiger charge is 2.41. The predicted octanol–water partition coefficient (Wildman–Crippen LogP) is 2.23. The first-order valence-electron chi connectivity index (χ1n) is 6.58. The van der Waals surface area contributed by atoms with Crippen molar-refractivity contribution in [1.82, 2.24) is 4.90 Å². The second kappa shape index (κ2) is 7.02. The Balaban J connectivity index is 2.26. The molecule has 0 aromatic rings. The van der Waals surface area contributed by atoms with Crippen molar-refractivity contribution in [2.45, 2.75) is 39.5 Å². The summed E-state index contributed by atoms with van der Waals surface area (Å²) in [6, 6.07) is 0. The summed E-state index contributed by atoms with van der Waals surface area (Å²) in [5.74, 6) is 1.26. The molecule has 1 unspecified atom stereocenters. The van der Waals surface area contributed by atoms with Gasteiger partial charge in [0.1, 0.15) is 0 Å². The highest BCUT2D eigenvalue weighted by molar-refractivity contribution is 7.99. The summed E-state index contributed by atoms with van der Waals surface area (Å²) in [5.41, 5.74) is -0.745. The average molecular weight is 273 g/mol. The monoisotopic (exact) mass is 273 g/mol. The van der Waals surface area contributed by atoms with Gasteiger partial charge in [0.2, 0.25) is 5.91 Å². The topological polar surface area (TPSA) is 57.6 Å². The number of rotatable bonds is 7. The van der Waals surface area contributed by atoms with Gasteiger partial charge < -0.3 is 10.0 Å². The number of carbonyl (C=O) groups excluding carboxylic acids is 1. The molecule has 104 valence electrons. The minimum Gasteiger partial charge on any atom is -0.481 e. The maximum absolute atomic E-state index is 11.9. The van der Waals surface area contributed by atoms with Gasteiger partial charge in [0.05, 0.1) is 5.41 Å². The number of aliphatic carboxylic acids is 1. The van der Waals surface area contributed by atoms with Gasteiger partial charge in [-0.1, -0.05) is 13.3 Å². The molecule has 1 rings (SSSR count). The van der Waals surface area contributed by atoms with Crippen LogP contribution in [0.4, 0.5) is 0 Å². The van der Waals surface area contributed by atoms with Crippen LogP contribution in [-0.2, 0) is 9.59 Å². The molecular formula is C13H23NO3S. The minimum atomic E-state index is -0.796. The van der Waals surface area contributed by atoms with E-state index in [9.17, 15) is 9.59 Å². The first-order chi connectivity index (χ1) is 8.49. The molecule has 18 heavy (non-hydrogen) atoms. The maximum Gasteiger partial charge on any atom is 0.311 e. The van der Waals surface area contributed by atoms with Crippen molar-refractivity contribution >= 4 is 23.6 Å². The molecule has 4 nitrogen and oxygen atoms in total. The second-order valence-electron chi connectivity index (χ2n) is 5.15. The molecule has 0 aromatic carbocycles. The van der Waals surface area contributed by atoms with Crippen LogP contribution < -0.4 is 0 Å². The lowest BCUT2D eigenvalue weighted by atomic mass is 9.90. The fraction of sp³-hybridized carbons (Fsp3) is 0.846. The Hall–Kier alpha value is -0.710. The first kappa shape index (κ1) is 15.3. The summed E-state index contributed by atoms with van der Waals surface area (Å²) in [6.45, 7) is 4.82. The van der Waals surface area contributed by atoms with Gasteiger partial charge in [-0.05, 0) is 25.5 Å². The lowest BCUT2D eigenvalue weighted by Gasteiger charge is -2.20. The van der Waals surface area contributed by atoms with Gasteiger partial charge in [-0.25, -0.2) is 0 Å². The van der Waals surface area contributed by atoms with E-state index in [1.165, 1.54) is 12.8 Å². The van der Waals surface area contributed by atoms with E-state index in [2.05, 4.69) is 6.92 Å². The van der Waals surface area contributed by atoms with Crippen LogP contribution >= 0.6 is 11.8 Å². The van der Waals surface area contributed by atoms with Gasteiger partial charge in [0.25, 0.3) is 0 Å². The molecule has 0 bridgehead atoms. The molecule has 0 radical (unpaired) electrons. The van der Waals surface area contributed by atoms with Crippen LogP contribution in [0.1, 0.15) is 39.5 Å². The van der Waals surface area contributed by atoms with Crippen molar-refractivity contribution in [1.29, 1.82) is 0 Å². The van der Waals surface area contributed by atoms with Gasteiger partial charge in [-0.2, -0.15) is 11.8 Å². The average Bonchev–Trinajstić information content (AvgIpc) is 2.73. The molecule has 1 N–H and O–H groups in total. The van der Waals surface area contributed by atoms with Crippen LogP contribution in [0.2, 0.25) is 0 Å². The lowest BCUT2D eigenvalue weighted by molar-refractivity contribution is -0.147. The number of carbonyl (C=O) groups is 2. The molecule has 1 heterocycles. The largest absolute Gasteiger partial charge is 0.481 e. The van der Waals surface area contributed by atoms with Crippen molar-refractivity contribution in [2.75, 3.05) is 24.6 Å². The smallest absolute Gasteiger partial charge is 0.311 e. The third-order valence-corrected chi connectivity index (χ3v) is 4.51. The summed E-state index contributed by atoms with van der Waals surface area (Å²) >= 11 is 1.81. The van der Waals surface area contributed by atoms with Crippen LogP contribution in [0.5, 0.6) is 0 Å². The predicted molar refractivity (Wildman–Crippen MR) is 73.8 cm³/mol. The number of hydrogen-bond acceptors (Lipinski definition) is 3. The lowest BCUT2D eigenvalue weighted by Crippen LogP contribution is -2.35. The van der Waals surface area contributed by atoms with Crippen LogP contribution in [0.25, 0.3) is 0 Å². The van der Waals surface area contributed by atoms with Crippen LogP contribution in [0.3, 0.4) is 0 Å². The maximum atomic E-state index is 11.9. The molecule has 1 atom stereocenters. The number of carboxylic acids is 1. The number of amides is 1. The Morgan fingerprint density at radius 3 is 2.67 bits per heavy atom. The Morgan fingerprint density at radius 1 is 1.39 bits per heavy atom. The molecule has 0 spiro atoms. The zero-order valence-electron chi connectivity index (χ0n) is 11.3. The van der Waals surface area contributed by atoms with Gasteiger partial charge in [-0.3, -0.25) is 9.59 Å². The number of thioether (sulfide) groups is 1. The number of likely N-dealkylation sites (tertiary alicyclic amines) is 1. The summed E-state index contributed by atoms with van der Waals surface area (Å²) in [7, 11) is 0. The van der Waals surface area contributed by atoms with E-state index in [-0.39, 0.29) is 5.91 Å². The van der Waals surface area contributed by atoms with Gasteiger partial charge in [0.15, 0.2) is 0 Å². The molecule has 1 saturated heterocycles. The van der Waals surface area contributed by atoms with Gasteiger partial charge in [0, 0.05) is 25.3 Å². The van der Waals surface area contributed by atoms with E-state index < -0.39 is 11.4 Å². The van der Waals surface area contributed by atoms with E-state index in [1.807, 2.05) is 11.8 Å². The molecule has 1 aliphatic rings. The van der Waals surface area contributed by atoms with Gasteiger partial charge in [-0.15, -0.1) is 0 Å². The van der Waals surface area contributed by atoms with Crippen molar-refractivity contribution in [3.63, 3.8) is 0 Å². The Bertz CT molecular complexity index is 309. The Kier molecular flexibility index (Phi) is 5.99. The molecule has 1 aliphatic heterocycles. The van der Waals surface area contributed by atoms with Crippen molar-refractivity contribution in [2.24, 2.45) is 5.41 Å². The number of hydrogen-bond donors (Lipinski definition) is 1. The molecule has 1 amide bonds. The Morgan fingerprint density at radius 2 is 2.11 bits per heavy atom. The highest BCUT2D eigenvalue weighted by atomic mass is 32.2. The third-order valence-electron chi connectivity index (χ3n) is 3.44. The molecule has 0 saturated carbocycles. The zero-order chi connectivity index (χ0) is 13.6. The standard InChI is InChI=1S/C13H23NO3S/c1-3-4-8-18-9-5-11(15)14-7-6-13(2,10-14)12(16)17/h3-10H2,1-2H3,(H,16,17). The molecule has 1 fully saturated rings. The summed E-state index contributed by atoms with van der Waals surface area (Å²) in [6.07, 6.45) is 3.48. The van der Waals surface area contributed by atoms with Crippen LogP contribution in [0.15, 0.2) is 0 Å². The highest BCUT2D eigenvalue weighted by Crippen LogP contribution is 2.30. The summed E-state index contributed by atoms with van der Waals surface area (Å²) < 4.78 is 0.